The maximum Gasteiger partial charge on any atom is 0.0537 e. The van der Waals surface area contributed by atoms with Gasteiger partial charge in [-0.15, -0.1) is 6.42 Å². The SMILES string of the molecule is C#C/C=C\C(=C/C)c1cc(-c2ccccc2)c(-c2ccccc2)c2c1c1c(c3cc(N(C4=CC=C(c5ccccc5)CC4)c4ccccc4-c4cccc5ccccc45)ccc32)CCC=C1. The topological polar surface area (TPSA) is 3.24 Å². The van der Waals surface area contributed by atoms with Gasteiger partial charge in [-0.1, -0.05) is 188 Å². The largest absolute Gasteiger partial charge is 0.314 e. The summed E-state index contributed by atoms with van der Waals surface area (Å²) in [6.45, 7) is 2.12. The lowest BCUT2D eigenvalue weighted by Crippen LogP contribution is -2.19. The molecule has 0 saturated heterocycles. The molecule has 1 heteroatoms. The third kappa shape index (κ3) is 7.28. The van der Waals surface area contributed by atoms with E-state index in [4.69, 9.17) is 6.42 Å². The van der Waals surface area contributed by atoms with E-state index in [1.54, 1.807) is 0 Å². The fourth-order valence-electron chi connectivity index (χ4n) is 10.5. The van der Waals surface area contributed by atoms with E-state index in [0.717, 1.165) is 36.9 Å². The molecule has 11 rings (SSSR count). The molecule has 314 valence electrons. The van der Waals surface area contributed by atoms with Crippen LogP contribution in [0.5, 0.6) is 0 Å². The van der Waals surface area contributed by atoms with E-state index < -0.39 is 0 Å². The molecule has 9 aromatic carbocycles. The average Bonchev–Trinajstić information content (AvgIpc) is 3.39. The van der Waals surface area contributed by atoms with Gasteiger partial charge in [0.2, 0.25) is 0 Å². The van der Waals surface area contributed by atoms with E-state index in [1.165, 1.54) is 105 Å². The predicted octanol–water partition coefficient (Wildman–Crippen LogP) is 17.6. The first-order valence-electron chi connectivity index (χ1n) is 23.2. The number of allylic oxidation sites excluding steroid dienone is 9. The van der Waals surface area contributed by atoms with Crippen LogP contribution in [0, 0.1) is 12.3 Å². The summed E-state index contributed by atoms with van der Waals surface area (Å²) in [7, 11) is 0. The van der Waals surface area contributed by atoms with Crippen LogP contribution in [0.2, 0.25) is 0 Å². The van der Waals surface area contributed by atoms with Gasteiger partial charge in [-0.2, -0.15) is 0 Å². The van der Waals surface area contributed by atoms with Gasteiger partial charge in [0, 0.05) is 16.9 Å². The second-order valence-electron chi connectivity index (χ2n) is 17.2. The van der Waals surface area contributed by atoms with Crippen LogP contribution in [-0.2, 0) is 6.42 Å². The van der Waals surface area contributed by atoms with Crippen molar-refractivity contribution in [3.63, 3.8) is 0 Å². The summed E-state index contributed by atoms with van der Waals surface area (Å²) in [5, 5.41) is 7.55. The van der Waals surface area contributed by atoms with Crippen LogP contribution in [0.15, 0.2) is 224 Å². The summed E-state index contributed by atoms with van der Waals surface area (Å²) < 4.78 is 0. The standard InChI is InChI=1S/C65H49N/c1-3-5-22-45(4-2)59-44-60(49-25-11-7-12-26-49)63(50-28-13-8-14-29-50)65-58-42-41-52(43-61(58)55-32-17-18-34-57(55)64(59)65)66(51-39-37-47(38-40-51)46-23-9-6-10-24-46)62-36-20-19-33-56(62)54-35-21-30-48-27-15-16-31-53(48)54/h1,4-16,18-31,33-37,39,41-44H,17,32,38,40H2,2H3/b22-5-,45-4+. The highest BCUT2D eigenvalue weighted by Gasteiger charge is 2.27. The quantitative estimate of drug-likeness (QED) is 0.0795. The lowest BCUT2D eigenvalue weighted by Gasteiger charge is -2.32. The van der Waals surface area contributed by atoms with E-state index in [-0.39, 0.29) is 0 Å². The first-order valence-corrected chi connectivity index (χ1v) is 23.2. The fourth-order valence-corrected chi connectivity index (χ4v) is 10.5. The van der Waals surface area contributed by atoms with Crippen molar-refractivity contribution in [2.24, 2.45) is 0 Å². The maximum absolute atomic E-state index is 5.88. The number of hydrogen-bond acceptors (Lipinski definition) is 1. The molecule has 0 unspecified atom stereocenters. The van der Waals surface area contributed by atoms with Crippen molar-refractivity contribution < 1.29 is 0 Å². The average molecular weight is 844 g/mol. The minimum absolute atomic E-state index is 0.903. The van der Waals surface area contributed by atoms with E-state index in [0.29, 0.717) is 0 Å². The van der Waals surface area contributed by atoms with Crippen molar-refractivity contribution in [2.45, 2.75) is 32.6 Å². The summed E-state index contributed by atoms with van der Waals surface area (Å²) in [5.74, 6) is 2.77. The predicted molar refractivity (Wildman–Crippen MR) is 285 cm³/mol. The first-order chi connectivity index (χ1) is 32.7. The molecule has 0 heterocycles. The molecule has 2 aliphatic carbocycles. The Labute approximate surface area is 388 Å². The molecular formula is C65H49N. The van der Waals surface area contributed by atoms with Gasteiger partial charge in [-0.3, -0.25) is 0 Å². The molecule has 2 aliphatic rings. The molecule has 0 bridgehead atoms. The van der Waals surface area contributed by atoms with Crippen molar-refractivity contribution in [1.82, 2.24) is 0 Å². The van der Waals surface area contributed by atoms with Gasteiger partial charge in [0.25, 0.3) is 0 Å². The van der Waals surface area contributed by atoms with Crippen LogP contribution < -0.4 is 4.90 Å². The molecule has 0 aromatic heterocycles. The number of fused-ring (bicyclic) bond motifs is 7. The summed E-state index contributed by atoms with van der Waals surface area (Å²) in [6, 6.07) is 66.8. The number of terminal acetylenes is 1. The molecule has 0 saturated carbocycles. The van der Waals surface area contributed by atoms with Gasteiger partial charge in [0.05, 0.1) is 5.69 Å². The Balaban J connectivity index is 1.23. The lowest BCUT2D eigenvalue weighted by atomic mass is 9.78. The van der Waals surface area contributed by atoms with Crippen molar-refractivity contribution in [2.75, 3.05) is 4.90 Å². The number of benzene rings is 9. The summed E-state index contributed by atoms with van der Waals surface area (Å²) in [4.78, 5) is 2.55. The number of hydrogen-bond donors (Lipinski definition) is 0. The fraction of sp³-hybridized carbons (Fsp3) is 0.0769. The van der Waals surface area contributed by atoms with Gasteiger partial charge in [0.1, 0.15) is 0 Å². The van der Waals surface area contributed by atoms with E-state index in [1.807, 2.05) is 6.08 Å². The molecule has 1 nitrogen and oxygen atoms in total. The first kappa shape index (κ1) is 40.6. The molecule has 9 aromatic rings. The Morgan fingerprint density at radius 3 is 2.03 bits per heavy atom. The monoisotopic (exact) mass is 843 g/mol. The van der Waals surface area contributed by atoms with Crippen molar-refractivity contribution in [1.29, 1.82) is 0 Å². The number of nitrogens with zero attached hydrogens (tertiary/aromatic N) is 1. The van der Waals surface area contributed by atoms with Crippen molar-refractivity contribution in [3.8, 4) is 45.7 Å². The smallest absolute Gasteiger partial charge is 0.0537 e. The molecule has 66 heavy (non-hydrogen) atoms. The highest BCUT2D eigenvalue weighted by atomic mass is 15.2. The molecule has 0 fully saturated rings. The minimum Gasteiger partial charge on any atom is -0.314 e. The van der Waals surface area contributed by atoms with E-state index in [2.05, 4.69) is 236 Å². The van der Waals surface area contributed by atoms with Gasteiger partial charge >= 0.3 is 0 Å². The molecular weight excluding hydrogens is 795 g/mol. The number of anilines is 2. The van der Waals surface area contributed by atoms with Crippen LogP contribution >= 0.6 is 0 Å². The Hall–Kier alpha value is -8.18. The molecule has 0 atom stereocenters. The van der Waals surface area contributed by atoms with Crippen LogP contribution in [0.1, 0.15) is 48.4 Å². The van der Waals surface area contributed by atoms with Crippen molar-refractivity contribution >= 4 is 60.9 Å². The maximum atomic E-state index is 5.88. The van der Waals surface area contributed by atoms with Gasteiger partial charge in [-0.25, -0.2) is 0 Å². The third-order valence-corrected chi connectivity index (χ3v) is 13.5. The van der Waals surface area contributed by atoms with Gasteiger partial charge in [-0.05, 0) is 169 Å². The zero-order valence-electron chi connectivity index (χ0n) is 37.2. The number of aryl methyl sites for hydroxylation is 1. The molecule has 0 N–H and O–H groups in total. The highest BCUT2D eigenvalue weighted by Crippen LogP contribution is 2.50. The second kappa shape index (κ2) is 17.8. The number of rotatable bonds is 9. The zero-order chi connectivity index (χ0) is 44.4. The lowest BCUT2D eigenvalue weighted by molar-refractivity contribution is 0.930. The van der Waals surface area contributed by atoms with Gasteiger partial charge in [0.15, 0.2) is 0 Å². The Morgan fingerprint density at radius 2 is 1.27 bits per heavy atom. The van der Waals surface area contributed by atoms with Gasteiger partial charge < -0.3 is 4.90 Å². The zero-order valence-corrected chi connectivity index (χ0v) is 37.2. The Bertz CT molecular complexity index is 3510. The number of para-hydroxylation sites is 1. The highest BCUT2D eigenvalue weighted by molar-refractivity contribution is 6.24. The normalized spacial score (nSPS) is 13.7. The van der Waals surface area contributed by atoms with Crippen LogP contribution in [0.4, 0.5) is 11.4 Å². The molecule has 0 aliphatic heterocycles. The summed E-state index contributed by atoms with van der Waals surface area (Å²) in [5.41, 5.74) is 18.5. The Kier molecular flexibility index (Phi) is 10.9. The van der Waals surface area contributed by atoms with Crippen LogP contribution in [0.25, 0.3) is 82.9 Å². The Morgan fingerprint density at radius 1 is 0.576 bits per heavy atom. The second-order valence-corrected chi connectivity index (χ2v) is 17.2. The van der Waals surface area contributed by atoms with Crippen molar-refractivity contribution in [3.05, 3.63) is 246 Å². The molecule has 0 amide bonds. The third-order valence-electron chi connectivity index (χ3n) is 13.5. The van der Waals surface area contributed by atoms with E-state index >= 15 is 0 Å². The van der Waals surface area contributed by atoms with Crippen LogP contribution in [-0.4, -0.2) is 0 Å². The van der Waals surface area contributed by atoms with E-state index in [9.17, 15) is 0 Å². The minimum atomic E-state index is 0.903. The van der Waals surface area contributed by atoms with Crippen LogP contribution in [0.3, 0.4) is 0 Å². The summed E-state index contributed by atoms with van der Waals surface area (Å²) in [6.07, 6.45) is 25.2. The molecule has 0 spiro atoms. The molecule has 0 radical (unpaired) electrons. The summed E-state index contributed by atoms with van der Waals surface area (Å²) >= 11 is 0.